The van der Waals surface area contributed by atoms with E-state index in [1.807, 2.05) is 0 Å². The Labute approximate surface area is 184 Å². The number of halogens is 1. The highest BCUT2D eigenvalue weighted by Gasteiger charge is 2.34. The van der Waals surface area contributed by atoms with Crippen molar-refractivity contribution in [2.45, 2.75) is 12.8 Å². The summed E-state index contributed by atoms with van der Waals surface area (Å²) in [5.74, 6) is -2.87. The van der Waals surface area contributed by atoms with Gasteiger partial charge in [-0.25, -0.2) is 14.0 Å². The third-order valence-electron chi connectivity index (χ3n) is 5.27. The summed E-state index contributed by atoms with van der Waals surface area (Å²) in [5.41, 5.74) is 1.21. The number of esters is 2. The summed E-state index contributed by atoms with van der Waals surface area (Å²) >= 11 is 0. The first-order valence-electron chi connectivity index (χ1n) is 9.96. The fourth-order valence-corrected chi connectivity index (χ4v) is 3.49. The van der Waals surface area contributed by atoms with E-state index >= 15 is 0 Å². The number of nitrogens with zero attached hydrogens (tertiary/aromatic N) is 1. The topological polar surface area (TPSA) is 102 Å². The van der Waals surface area contributed by atoms with Gasteiger partial charge >= 0.3 is 11.9 Å². The molecule has 0 spiro atoms. The van der Waals surface area contributed by atoms with Gasteiger partial charge in [0.25, 0.3) is 0 Å². The molecule has 2 aromatic rings. The number of ether oxygens (including phenoxy) is 2. The van der Waals surface area contributed by atoms with Gasteiger partial charge in [-0.05, 0) is 42.3 Å². The van der Waals surface area contributed by atoms with Crippen LogP contribution in [0.1, 0.15) is 32.7 Å². The SMILES string of the molecule is COC(=O)c1ccc(C(=O)OC)c(NC(=O)C2CC(=O)N(CCc3ccc(F)cc3)C2)c1. The molecule has 1 atom stereocenters. The van der Waals surface area contributed by atoms with Gasteiger partial charge in [0, 0.05) is 19.5 Å². The average Bonchev–Trinajstić information content (AvgIpc) is 3.18. The number of anilines is 1. The van der Waals surface area contributed by atoms with Crippen LogP contribution in [0.15, 0.2) is 42.5 Å². The van der Waals surface area contributed by atoms with Gasteiger partial charge in [-0.3, -0.25) is 9.59 Å². The van der Waals surface area contributed by atoms with Crippen molar-refractivity contribution in [3.05, 3.63) is 65.0 Å². The van der Waals surface area contributed by atoms with Crippen LogP contribution in [0.5, 0.6) is 0 Å². The van der Waals surface area contributed by atoms with E-state index in [4.69, 9.17) is 4.74 Å². The van der Waals surface area contributed by atoms with Crippen molar-refractivity contribution in [3.8, 4) is 0 Å². The van der Waals surface area contributed by atoms with Crippen LogP contribution >= 0.6 is 0 Å². The standard InChI is InChI=1S/C23H23FN2O6/c1-31-22(29)15-5-8-18(23(30)32-2)19(11-15)25-21(28)16-12-20(27)26(13-16)10-9-14-3-6-17(24)7-4-14/h3-8,11,16H,9-10,12-13H2,1-2H3,(H,25,28). The smallest absolute Gasteiger partial charge is 0.339 e. The fraction of sp³-hybridized carbons (Fsp3) is 0.304. The van der Waals surface area contributed by atoms with Gasteiger partial charge in [0.15, 0.2) is 0 Å². The molecule has 9 heteroatoms. The number of likely N-dealkylation sites (tertiary alicyclic amines) is 1. The summed E-state index contributed by atoms with van der Waals surface area (Å²) in [7, 11) is 2.43. The van der Waals surface area contributed by atoms with Gasteiger partial charge < -0.3 is 19.7 Å². The molecule has 2 aromatic carbocycles. The van der Waals surface area contributed by atoms with Crippen molar-refractivity contribution in [3.63, 3.8) is 0 Å². The lowest BCUT2D eigenvalue weighted by Gasteiger charge is -2.17. The third-order valence-corrected chi connectivity index (χ3v) is 5.27. The van der Waals surface area contributed by atoms with E-state index in [9.17, 15) is 23.6 Å². The van der Waals surface area contributed by atoms with Gasteiger partial charge in [0.2, 0.25) is 11.8 Å². The minimum absolute atomic E-state index is 0.0273. The van der Waals surface area contributed by atoms with E-state index in [1.54, 1.807) is 17.0 Å². The first-order chi connectivity index (χ1) is 15.3. The van der Waals surface area contributed by atoms with Crippen LogP contribution in [0.2, 0.25) is 0 Å². The number of hydrogen-bond donors (Lipinski definition) is 1. The molecule has 1 heterocycles. The van der Waals surface area contributed by atoms with E-state index in [-0.39, 0.29) is 41.5 Å². The Morgan fingerprint density at radius 3 is 2.41 bits per heavy atom. The van der Waals surface area contributed by atoms with E-state index in [1.165, 1.54) is 44.6 Å². The molecule has 2 amide bonds. The molecular weight excluding hydrogens is 419 g/mol. The van der Waals surface area contributed by atoms with Crippen LogP contribution in [0.3, 0.4) is 0 Å². The Balaban J connectivity index is 1.68. The molecule has 1 unspecified atom stereocenters. The second kappa shape index (κ2) is 10.0. The Morgan fingerprint density at radius 2 is 1.75 bits per heavy atom. The zero-order valence-electron chi connectivity index (χ0n) is 17.7. The number of benzene rings is 2. The maximum Gasteiger partial charge on any atom is 0.339 e. The molecule has 0 aromatic heterocycles. The van der Waals surface area contributed by atoms with Crippen molar-refractivity contribution in [1.29, 1.82) is 0 Å². The van der Waals surface area contributed by atoms with Gasteiger partial charge in [0.1, 0.15) is 5.82 Å². The maximum atomic E-state index is 13.0. The summed E-state index contributed by atoms with van der Waals surface area (Å²) in [4.78, 5) is 50.7. The summed E-state index contributed by atoms with van der Waals surface area (Å²) in [5, 5.41) is 2.64. The van der Waals surface area contributed by atoms with E-state index in [2.05, 4.69) is 10.1 Å². The Bertz CT molecular complexity index is 1040. The van der Waals surface area contributed by atoms with Gasteiger partial charge in [-0.15, -0.1) is 0 Å². The van der Waals surface area contributed by atoms with Crippen molar-refractivity contribution in [2.75, 3.05) is 32.6 Å². The molecule has 1 aliphatic heterocycles. The minimum atomic E-state index is -0.680. The second-order valence-electron chi connectivity index (χ2n) is 7.35. The highest BCUT2D eigenvalue weighted by molar-refractivity contribution is 6.05. The summed E-state index contributed by atoms with van der Waals surface area (Å²) in [6, 6.07) is 10.1. The number of carbonyl (C=O) groups is 4. The molecule has 32 heavy (non-hydrogen) atoms. The van der Waals surface area contributed by atoms with E-state index in [0.29, 0.717) is 13.0 Å². The number of hydrogen-bond acceptors (Lipinski definition) is 6. The number of methoxy groups -OCH3 is 2. The summed E-state index contributed by atoms with van der Waals surface area (Å²) in [6.07, 6.45) is 0.563. The lowest BCUT2D eigenvalue weighted by atomic mass is 10.1. The molecule has 1 saturated heterocycles. The molecule has 1 fully saturated rings. The molecule has 168 valence electrons. The molecule has 1 N–H and O–H groups in total. The van der Waals surface area contributed by atoms with Crippen LogP contribution < -0.4 is 5.32 Å². The molecule has 8 nitrogen and oxygen atoms in total. The van der Waals surface area contributed by atoms with Crippen molar-refractivity contribution < 1.29 is 33.0 Å². The molecule has 3 rings (SSSR count). The molecular formula is C23H23FN2O6. The highest BCUT2D eigenvalue weighted by atomic mass is 19.1. The Hall–Kier alpha value is -3.75. The molecule has 1 aliphatic rings. The monoisotopic (exact) mass is 442 g/mol. The predicted molar refractivity (Wildman–Crippen MR) is 113 cm³/mol. The normalized spacial score (nSPS) is 15.4. The van der Waals surface area contributed by atoms with Crippen LogP contribution in [0, 0.1) is 11.7 Å². The summed E-state index contributed by atoms with van der Waals surface area (Å²) in [6.45, 7) is 0.621. The largest absolute Gasteiger partial charge is 0.465 e. The van der Waals surface area contributed by atoms with Crippen LogP contribution in [-0.4, -0.2) is 56.0 Å². The van der Waals surface area contributed by atoms with Crippen molar-refractivity contribution in [1.82, 2.24) is 4.90 Å². The Morgan fingerprint density at radius 1 is 1.06 bits per heavy atom. The second-order valence-corrected chi connectivity index (χ2v) is 7.35. The number of nitrogens with one attached hydrogen (secondary N) is 1. The van der Waals surface area contributed by atoms with Gasteiger partial charge in [0.05, 0.1) is 37.0 Å². The number of carbonyl (C=O) groups excluding carboxylic acids is 4. The number of rotatable bonds is 7. The predicted octanol–water partition coefficient (Wildman–Crippen LogP) is 2.43. The first kappa shape index (κ1) is 22.9. The zero-order valence-corrected chi connectivity index (χ0v) is 17.7. The Kier molecular flexibility index (Phi) is 7.19. The van der Waals surface area contributed by atoms with Crippen molar-refractivity contribution >= 4 is 29.4 Å². The lowest BCUT2D eigenvalue weighted by molar-refractivity contribution is -0.128. The highest BCUT2D eigenvalue weighted by Crippen LogP contribution is 2.24. The van der Waals surface area contributed by atoms with Crippen LogP contribution in [-0.2, 0) is 25.5 Å². The quantitative estimate of drug-likeness (QED) is 0.661. The molecule has 0 radical (unpaired) electrons. The molecule has 0 aliphatic carbocycles. The molecule has 0 saturated carbocycles. The fourth-order valence-electron chi connectivity index (χ4n) is 3.49. The van der Waals surface area contributed by atoms with Gasteiger partial charge in [-0.2, -0.15) is 0 Å². The molecule has 0 bridgehead atoms. The first-order valence-corrected chi connectivity index (χ1v) is 9.96. The minimum Gasteiger partial charge on any atom is -0.465 e. The average molecular weight is 442 g/mol. The van der Waals surface area contributed by atoms with E-state index < -0.39 is 23.8 Å². The zero-order chi connectivity index (χ0) is 23.3. The van der Waals surface area contributed by atoms with Crippen LogP contribution in [0.25, 0.3) is 0 Å². The van der Waals surface area contributed by atoms with Crippen LogP contribution in [0.4, 0.5) is 10.1 Å². The van der Waals surface area contributed by atoms with E-state index in [0.717, 1.165) is 5.56 Å². The lowest BCUT2D eigenvalue weighted by Crippen LogP contribution is -2.30. The third kappa shape index (κ3) is 5.29. The maximum absolute atomic E-state index is 13.0. The van der Waals surface area contributed by atoms with Crippen molar-refractivity contribution in [2.24, 2.45) is 5.92 Å². The number of amides is 2. The summed E-state index contributed by atoms with van der Waals surface area (Å²) < 4.78 is 22.5. The van der Waals surface area contributed by atoms with Gasteiger partial charge in [-0.1, -0.05) is 12.1 Å².